The summed E-state index contributed by atoms with van der Waals surface area (Å²) in [7, 11) is 0. The summed E-state index contributed by atoms with van der Waals surface area (Å²) in [5.74, 6) is 1.26. The monoisotopic (exact) mass is 510 g/mol. The number of piperazine rings is 1. The molecule has 196 valence electrons. The first-order valence-corrected chi connectivity index (χ1v) is 13.2. The molecule has 6 rings (SSSR count). The summed E-state index contributed by atoms with van der Waals surface area (Å²) in [6.07, 6.45) is 0.369. The number of halogens is 3. The molecule has 1 aliphatic heterocycles. The lowest BCUT2D eigenvalue weighted by molar-refractivity contribution is -0.137. The van der Waals surface area contributed by atoms with Gasteiger partial charge >= 0.3 is 6.18 Å². The van der Waals surface area contributed by atoms with Crippen molar-refractivity contribution in [1.82, 2.24) is 19.8 Å². The molecular weight excluding hydrogens is 477 g/mol. The van der Waals surface area contributed by atoms with E-state index in [2.05, 4.69) is 37.2 Å². The van der Waals surface area contributed by atoms with E-state index in [0.29, 0.717) is 23.2 Å². The Morgan fingerprint density at radius 3 is 2.41 bits per heavy atom. The van der Waals surface area contributed by atoms with Crippen LogP contribution in [0, 0.1) is 6.92 Å². The molecule has 0 spiro atoms. The maximum Gasteiger partial charge on any atom is 0.416 e. The molecule has 0 bridgehead atoms. The topological polar surface area (TPSA) is 70.3 Å². The van der Waals surface area contributed by atoms with Gasteiger partial charge in [-0.05, 0) is 86.6 Å². The third kappa shape index (κ3) is 4.86. The molecule has 3 aromatic rings. The largest absolute Gasteiger partial charge is 0.416 e. The van der Waals surface area contributed by atoms with Crippen LogP contribution in [0.5, 0.6) is 0 Å². The quantitative estimate of drug-likeness (QED) is 0.443. The van der Waals surface area contributed by atoms with Gasteiger partial charge in [0.05, 0.1) is 17.1 Å². The third-order valence-electron chi connectivity index (χ3n) is 8.13. The van der Waals surface area contributed by atoms with E-state index >= 15 is 0 Å². The van der Waals surface area contributed by atoms with Gasteiger partial charge in [-0.3, -0.25) is 9.80 Å². The van der Waals surface area contributed by atoms with Gasteiger partial charge in [0.25, 0.3) is 0 Å². The van der Waals surface area contributed by atoms with E-state index in [1.54, 1.807) is 6.07 Å². The number of benzene rings is 2. The number of nitrogens with one attached hydrogen (secondary N) is 1. The second kappa shape index (κ2) is 9.13. The lowest BCUT2D eigenvalue weighted by atomic mass is 10.0. The van der Waals surface area contributed by atoms with E-state index in [0.717, 1.165) is 68.1 Å². The molecule has 1 saturated heterocycles. The van der Waals surface area contributed by atoms with Crippen molar-refractivity contribution in [2.45, 2.75) is 63.8 Å². The molecule has 1 unspecified atom stereocenters. The first kappa shape index (κ1) is 24.4. The lowest BCUT2D eigenvalue weighted by Crippen LogP contribution is -2.47. The first-order chi connectivity index (χ1) is 17.7. The van der Waals surface area contributed by atoms with Crippen molar-refractivity contribution in [3.8, 4) is 0 Å². The van der Waals surface area contributed by atoms with Gasteiger partial charge in [0.1, 0.15) is 11.6 Å². The summed E-state index contributed by atoms with van der Waals surface area (Å²) < 4.78 is 40.1. The average Bonchev–Trinajstić information content (AvgIpc) is 3.62. The summed E-state index contributed by atoms with van der Waals surface area (Å²) in [4.78, 5) is 14.6. The Morgan fingerprint density at radius 2 is 1.70 bits per heavy atom. The zero-order valence-corrected chi connectivity index (χ0v) is 21.3. The van der Waals surface area contributed by atoms with Gasteiger partial charge in [0.15, 0.2) is 0 Å². The van der Waals surface area contributed by atoms with E-state index in [9.17, 15) is 13.2 Å². The lowest BCUT2D eigenvalue weighted by Gasteiger charge is -2.38. The normalized spacial score (nSPS) is 21.8. The minimum absolute atomic E-state index is 0.0876. The second-order valence-electron chi connectivity index (χ2n) is 10.8. The number of rotatable bonds is 5. The van der Waals surface area contributed by atoms with Gasteiger partial charge in [-0.25, -0.2) is 9.97 Å². The van der Waals surface area contributed by atoms with Crippen molar-refractivity contribution in [3.63, 3.8) is 0 Å². The number of anilines is 2. The second-order valence-corrected chi connectivity index (χ2v) is 10.8. The van der Waals surface area contributed by atoms with Crippen LogP contribution in [-0.2, 0) is 12.6 Å². The molecule has 1 saturated carbocycles. The summed E-state index contributed by atoms with van der Waals surface area (Å²) in [6.45, 7) is 8.11. The fourth-order valence-corrected chi connectivity index (χ4v) is 6.05. The molecule has 0 radical (unpaired) electrons. The van der Waals surface area contributed by atoms with Crippen molar-refractivity contribution in [2.24, 2.45) is 0 Å². The molecule has 2 aromatic carbocycles. The Bertz CT molecular complexity index is 1330. The van der Waals surface area contributed by atoms with Crippen molar-refractivity contribution in [1.29, 1.82) is 0 Å². The summed E-state index contributed by atoms with van der Waals surface area (Å²) in [5, 5.41) is 4.27. The number of hydrogen-bond acceptors (Lipinski definition) is 6. The molecule has 3 aliphatic rings. The van der Waals surface area contributed by atoms with Crippen LogP contribution in [0.2, 0.25) is 0 Å². The predicted octanol–water partition coefficient (Wildman–Crippen LogP) is 5.48. The Labute approximate surface area is 215 Å². The highest BCUT2D eigenvalue weighted by Crippen LogP contribution is 2.41. The van der Waals surface area contributed by atoms with E-state index in [1.165, 1.54) is 24.0 Å². The molecule has 2 fully saturated rings. The minimum Gasteiger partial charge on any atom is -0.399 e. The van der Waals surface area contributed by atoms with E-state index in [-0.39, 0.29) is 5.69 Å². The third-order valence-corrected chi connectivity index (χ3v) is 8.13. The molecule has 9 heteroatoms. The highest BCUT2D eigenvalue weighted by Gasteiger charge is 2.35. The Balaban J connectivity index is 1.30. The zero-order chi connectivity index (χ0) is 25.9. The average molecular weight is 511 g/mol. The van der Waals surface area contributed by atoms with E-state index < -0.39 is 17.8 Å². The van der Waals surface area contributed by atoms with Crippen molar-refractivity contribution < 1.29 is 13.2 Å². The molecular formula is C28H33F3N6. The molecule has 3 N–H and O–H groups in total. The summed E-state index contributed by atoms with van der Waals surface area (Å²) in [5.41, 5.74) is 9.15. The van der Waals surface area contributed by atoms with Crippen LogP contribution >= 0.6 is 0 Å². The van der Waals surface area contributed by atoms with Gasteiger partial charge in [-0.1, -0.05) is 0 Å². The van der Waals surface area contributed by atoms with Crippen LogP contribution in [-0.4, -0.2) is 52.0 Å². The maximum absolute atomic E-state index is 13.4. The van der Waals surface area contributed by atoms with Gasteiger partial charge in [0, 0.05) is 49.3 Å². The fourth-order valence-electron chi connectivity index (χ4n) is 6.05. The molecule has 37 heavy (non-hydrogen) atoms. The van der Waals surface area contributed by atoms with E-state index in [4.69, 9.17) is 5.73 Å². The number of nitrogens with two attached hydrogens (primary N) is 1. The molecule has 2 heterocycles. The minimum atomic E-state index is -4.46. The van der Waals surface area contributed by atoms with Crippen LogP contribution in [0.25, 0.3) is 10.9 Å². The Morgan fingerprint density at radius 1 is 0.973 bits per heavy atom. The zero-order valence-electron chi connectivity index (χ0n) is 21.3. The highest BCUT2D eigenvalue weighted by molar-refractivity contribution is 5.91. The van der Waals surface area contributed by atoms with Crippen molar-refractivity contribution in [2.75, 3.05) is 37.2 Å². The molecule has 6 nitrogen and oxygen atoms in total. The summed E-state index contributed by atoms with van der Waals surface area (Å²) >= 11 is 0. The number of nitrogen functional groups attached to an aromatic ring is 1. The standard InChI is InChI=1S/C28H33F3N6/c1-16(19-11-20(28(29,30)31)14-21(32)12-19)33-27-24-15-23-18(13-25(24)34-17(2)35-27)3-6-26(23)37-9-7-36(8-10-37)22-4-5-22/h11-16,22,26H,3-10,32H2,1-2H3,(H,33,34,35)/t16-,26?/m1/s1. The Kier molecular flexibility index (Phi) is 6.03. The predicted molar refractivity (Wildman–Crippen MR) is 139 cm³/mol. The first-order valence-electron chi connectivity index (χ1n) is 13.2. The van der Waals surface area contributed by atoms with Gasteiger partial charge in [0.2, 0.25) is 0 Å². The maximum atomic E-state index is 13.4. The number of hydrogen-bond donors (Lipinski definition) is 2. The molecule has 1 aromatic heterocycles. The number of fused-ring (bicyclic) bond motifs is 2. The highest BCUT2D eigenvalue weighted by atomic mass is 19.4. The van der Waals surface area contributed by atoms with Gasteiger partial charge in [-0.15, -0.1) is 0 Å². The van der Waals surface area contributed by atoms with Crippen LogP contribution < -0.4 is 11.1 Å². The van der Waals surface area contributed by atoms with Gasteiger partial charge < -0.3 is 11.1 Å². The smallest absolute Gasteiger partial charge is 0.399 e. The number of aromatic nitrogens is 2. The van der Waals surface area contributed by atoms with Crippen molar-refractivity contribution >= 4 is 22.4 Å². The summed E-state index contributed by atoms with van der Waals surface area (Å²) in [6, 6.07) is 8.86. The van der Waals surface area contributed by atoms with E-state index in [1.807, 2.05) is 13.8 Å². The molecule has 2 aliphatic carbocycles. The number of alkyl halides is 3. The van der Waals surface area contributed by atoms with Crippen molar-refractivity contribution in [3.05, 3.63) is 58.4 Å². The number of aryl methyl sites for hydroxylation is 2. The number of nitrogens with zero attached hydrogens (tertiary/aromatic N) is 4. The van der Waals surface area contributed by atoms with Crippen LogP contribution in [0.4, 0.5) is 24.7 Å². The van der Waals surface area contributed by atoms with Crippen LogP contribution in [0.15, 0.2) is 30.3 Å². The van der Waals surface area contributed by atoms with Crippen LogP contribution in [0.1, 0.15) is 66.3 Å². The molecule has 2 atom stereocenters. The fraction of sp³-hybridized carbons (Fsp3) is 0.500. The van der Waals surface area contributed by atoms with Crippen LogP contribution in [0.3, 0.4) is 0 Å². The Hall–Kier alpha value is -2.91. The van der Waals surface area contributed by atoms with Gasteiger partial charge in [-0.2, -0.15) is 13.2 Å². The molecule has 0 amide bonds. The SMILES string of the molecule is Cc1nc(N[C@H](C)c2cc(N)cc(C(F)(F)F)c2)c2cc3c(cc2n1)CCC3N1CCN(C2CC2)CC1.